The highest BCUT2D eigenvalue weighted by Gasteiger charge is 2.24. The van der Waals surface area contributed by atoms with Gasteiger partial charge in [-0.15, -0.1) is 10.2 Å². The number of hydrogen-bond acceptors (Lipinski definition) is 6. The van der Waals surface area contributed by atoms with Crippen molar-refractivity contribution in [2.24, 2.45) is 0 Å². The number of carbonyl (C=O) groups is 1. The molecule has 1 aromatic heterocycles. The highest BCUT2D eigenvalue weighted by atomic mass is 16.5. The molecule has 1 amide bonds. The molecule has 1 aliphatic rings. The third-order valence-corrected chi connectivity index (χ3v) is 5.83. The van der Waals surface area contributed by atoms with E-state index < -0.39 is 0 Å². The number of piperazine rings is 1. The third kappa shape index (κ3) is 4.51. The Hall–Kier alpha value is -3.61. The van der Waals surface area contributed by atoms with Crippen LogP contribution in [-0.2, 0) is 6.42 Å². The molecule has 0 radical (unpaired) electrons. The van der Waals surface area contributed by atoms with Gasteiger partial charge in [0.15, 0.2) is 17.3 Å². The number of methoxy groups -OCH3 is 2. The molecule has 166 valence electrons. The van der Waals surface area contributed by atoms with Gasteiger partial charge in [0.2, 0.25) is 0 Å². The second-order valence-corrected chi connectivity index (χ2v) is 7.68. The molecule has 1 fully saturated rings. The van der Waals surface area contributed by atoms with Crippen LogP contribution in [0.25, 0.3) is 11.3 Å². The minimum absolute atomic E-state index is 0.0115. The molecule has 0 spiro atoms. The van der Waals surface area contributed by atoms with Crippen molar-refractivity contribution in [3.05, 3.63) is 65.7 Å². The monoisotopic (exact) mass is 432 g/mol. The number of benzene rings is 2. The van der Waals surface area contributed by atoms with E-state index in [-0.39, 0.29) is 5.91 Å². The highest BCUT2D eigenvalue weighted by molar-refractivity contribution is 5.95. The molecule has 1 saturated heterocycles. The van der Waals surface area contributed by atoms with Crippen LogP contribution in [0.4, 0.5) is 5.82 Å². The van der Waals surface area contributed by atoms with Gasteiger partial charge < -0.3 is 19.3 Å². The minimum atomic E-state index is -0.0115. The van der Waals surface area contributed by atoms with Crippen molar-refractivity contribution >= 4 is 11.7 Å². The Morgan fingerprint density at radius 1 is 0.875 bits per heavy atom. The van der Waals surface area contributed by atoms with Crippen molar-refractivity contribution in [2.45, 2.75) is 13.3 Å². The van der Waals surface area contributed by atoms with E-state index in [0.29, 0.717) is 43.2 Å². The molecule has 0 aliphatic carbocycles. The molecule has 2 aromatic carbocycles. The molecule has 0 unspecified atom stereocenters. The van der Waals surface area contributed by atoms with Crippen molar-refractivity contribution in [3.8, 4) is 22.8 Å². The zero-order valence-electron chi connectivity index (χ0n) is 18.7. The molecule has 2 heterocycles. The molecular weight excluding hydrogens is 404 g/mol. The van der Waals surface area contributed by atoms with Crippen molar-refractivity contribution < 1.29 is 14.3 Å². The van der Waals surface area contributed by atoms with Gasteiger partial charge in [-0.05, 0) is 42.3 Å². The van der Waals surface area contributed by atoms with Gasteiger partial charge >= 0.3 is 0 Å². The maximum absolute atomic E-state index is 12.9. The Kier molecular flexibility index (Phi) is 6.54. The summed E-state index contributed by atoms with van der Waals surface area (Å²) in [6, 6.07) is 17.7. The summed E-state index contributed by atoms with van der Waals surface area (Å²) < 4.78 is 10.6. The van der Waals surface area contributed by atoms with Crippen molar-refractivity contribution in [3.63, 3.8) is 0 Å². The van der Waals surface area contributed by atoms with Gasteiger partial charge in [-0.2, -0.15) is 0 Å². The summed E-state index contributed by atoms with van der Waals surface area (Å²) in [6.45, 7) is 4.80. The molecule has 7 heteroatoms. The summed E-state index contributed by atoms with van der Waals surface area (Å²) in [5.41, 5.74) is 3.82. The zero-order valence-corrected chi connectivity index (χ0v) is 18.7. The third-order valence-electron chi connectivity index (χ3n) is 5.83. The Labute approximate surface area is 188 Å². The standard InChI is InChI=1S/C25H28N4O3/c1-4-18-5-7-19(8-6-18)21-10-12-24(27-26-21)28-13-15-29(16-14-28)25(30)20-9-11-22(31-2)23(17-20)32-3/h5-12,17H,4,13-16H2,1-3H3. The fourth-order valence-corrected chi connectivity index (χ4v) is 3.85. The highest BCUT2D eigenvalue weighted by Crippen LogP contribution is 2.28. The van der Waals surface area contributed by atoms with E-state index >= 15 is 0 Å². The van der Waals surface area contributed by atoms with E-state index in [1.807, 2.05) is 17.0 Å². The number of carbonyl (C=O) groups excluding carboxylic acids is 1. The predicted octanol–water partition coefficient (Wildman–Crippen LogP) is 3.69. The maximum atomic E-state index is 12.9. The SMILES string of the molecule is CCc1ccc(-c2ccc(N3CCN(C(=O)c4ccc(OC)c(OC)c4)CC3)nn2)cc1. The van der Waals surface area contributed by atoms with E-state index in [9.17, 15) is 4.79 Å². The van der Waals surface area contributed by atoms with Crippen LogP contribution >= 0.6 is 0 Å². The molecule has 0 atom stereocenters. The van der Waals surface area contributed by atoms with Crippen molar-refractivity contribution in [1.82, 2.24) is 15.1 Å². The van der Waals surface area contributed by atoms with E-state index in [1.54, 1.807) is 32.4 Å². The second kappa shape index (κ2) is 9.68. The molecule has 32 heavy (non-hydrogen) atoms. The molecule has 1 aliphatic heterocycles. The summed E-state index contributed by atoms with van der Waals surface area (Å²) in [4.78, 5) is 17.0. The van der Waals surface area contributed by atoms with Crippen LogP contribution in [0.5, 0.6) is 11.5 Å². The summed E-state index contributed by atoms with van der Waals surface area (Å²) in [6.07, 6.45) is 1.02. The Morgan fingerprint density at radius 3 is 2.19 bits per heavy atom. The summed E-state index contributed by atoms with van der Waals surface area (Å²) >= 11 is 0. The summed E-state index contributed by atoms with van der Waals surface area (Å²) in [5, 5.41) is 8.85. The number of ether oxygens (including phenoxy) is 2. The number of nitrogens with zero attached hydrogens (tertiary/aromatic N) is 4. The lowest BCUT2D eigenvalue weighted by Crippen LogP contribution is -2.49. The molecule has 4 rings (SSSR count). The number of anilines is 1. The van der Waals surface area contributed by atoms with Crippen LogP contribution in [0.15, 0.2) is 54.6 Å². The molecule has 0 bridgehead atoms. The maximum Gasteiger partial charge on any atom is 0.254 e. The number of hydrogen-bond donors (Lipinski definition) is 0. The van der Waals surface area contributed by atoms with Crippen LogP contribution in [0.2, 0.25) is 0 Å². The average Bonchev–Trinajstić information content (AvgIpc) is 2.88. The topological polar surface area (TPSA) is 67.8 Å². The predicted molar refractivity (Wildman–Crippen MR) is 125 cm³/mol. The Balaban J connectivity index is 1.38. The number of aryl methyl sites for hydroxylation is 1. The van der Waals surface area contributed by atoms with Crippen LogP contribution < -0.4 is 14.4 Å². The fraction of sp³-hybridized carbons (Fsp3) is 0.320. The van der Waals surface area contributed by atoms with Gasteiger partial charge in [0.1, 0.15) is 0 Å². The Morgan fingerprint density at radius 2 is 1.59 bits per heavy atom. The second-order valence-electron chi connectivity index (χ2n) is 7.68. The van der Waals surface area contributed by atoms with Gasteiger partial charge in [0, 0.05) is 37.3 Å². The first kappa shape index (κ1) is 21.6. The first-order chi connectivity index (χ1) is 15.6. The van der Waals surface area contributed by atoms with Crippen molar-refractivity contribution in [1.29, 1.82) is 0 Å². The van der Waals surface area contributed by atoms with E-state index in [0.717, 1.165) is 23.5 Å². The van der Waals surface area contributed by atoms with Crippen LogP contribution in [0.3, 0.4) is 0 Å². The van der Waals surface area contributed by atoms with E-state index in [1.165, 1.54) is 5.56 Å². The Bertz CT molecular complexity index is 1060. The lowest BCUT2D eigenvalue weighted by molar-refractivity contribution is 0.0746. The van der Waals surface area contributed by atoms with Crippen LogP contribution in [0, 0.1) is 0 Å². The van der Waals surface area contributed by atoms with Gasteiger partial charge in [-0.3, -0.25) is 4.79 Å². The quantitative estimate of drug-likeness (QED) is 0.592. The first-order valence-electron chi connectivity index (χ1n) is 10.8. The molecule has 0 N–H and O–H groups in total. The normalized spacial score (nSPS) is 13.7. The molecule has 3 aromatic rings. The van der Waals surface area contributed by atoms with Crippen LogP contribution in [0.1, 0.15) is 22.8 Å². The summed E-state index contributed by atoms with van der Waals surface area (Å²) in [5.74, 6) is 1.98. The molecule has 7 nitrogen and oxygen atoms in total. The zero-order chi connectivity index (χ0) is 22.5. The number of rotatable bonds is 6. The summed E-state index contributed by atoms with van der Waals surface area (Å²) in [7, 11) is 3.15. The molecule has 0 saturated carbocycles. The van der Waals surface area contributed by atoms with Gasteiger partial charge in [-0.1, -0.05) is 31.2 Å². The fourth-order valence-electron chi connectivity index (χ4n) is 3.85. The number of amides is 1. The largest absolute Gasteiger partial charge is 0.493 e. The van der Waals surface area contributed by atoms with E-state index in [2.05, 4.69) is 46.3 Å². The molecular formula is C25H28N4O3. The van der Waals surface area contributed by atoms with Gasteiger partial charge in [-0.25, -0.2) is 0 Å². The lowest BCUT2D eigenvalue weighted by atomic mass is 10.1. The lowest BCUT2D eigenvalue weighted by Gasteiger charge is -2.35. The van der Waals surface area contributed by atoms with Gasteiger partial charge in [0.05, 0.1) is 19.9 Å². The first-order valence-corrected chi connectivity index (χ1v) is 10.8. The van der Waals surface area contributed by atoms with Gasteiger partial charge in [0.25, 0.3) is 5.91 Å². The number of aromatic nitrogens is 2. The van der Waals surface area contributed by atoms with E-state index in [4.69, 9.17) is 9.47 Å². The smallest absolute Gasteiger partial charge is 0.254 e. The van der Waals surface area contributed by atoms with Crippen LogP contribution in [-0.4, -0.2) is 61.4 Å². The van der Waals surface area contributed by atoms with Crippen molar-refractivity contribution in [2.75, 3.05) is 45.3 Å². The average molecular weight is 433 g/mol. The minimum Gasteiger partial charge on any atom is -0.493 e.